The van der Waals surface area contributed by atoms with Crippen LogP contribution in [0.3, 0.4) is 0 Å². The molecular weight excluding hydrogens is 564 g/mol. The Morgan fingerprint density at radius 1 is 1.10 bits per heavy atom. The van der Waals surface area contributed by atoms with E-state index in [1.807, 2.05) is 26.0 Å². The molecule has 0 spiro atoms. The summed E-state index contributed by atoms with van der Waals surface area (Å²) in [5.74, 6) is 1.11. The summed E-state index contributed by atoms with van der Waals surface area (Å²) in [7, 11) is 1.54. The molecule has 0 N–H and O–H groups in total. The lowest BCUT2D eigenvalue weighted by Gasteiger charge is -2.27. The summed E-state index contributed by atoms with van der Waals surface area (Å²) in [5.41, 5.74) is 1.90. The summed E-state index contributed by atoms with van der Waals surface area (Å²) in [5, 5.41) is 0.447. The van der Waals surface area contributed by atoms with E-state index in [9.17, 15) is 9.59 Å². The predicted octanol–water partition coefficient (Wildman–Crippen LogP) is 5.20. The molecule has 2 aromatic carbocycles. The Hall–Kier alpha value is -3.82. The van der Waals surface area contributed by atoms with E-state index >= 15 is 0 Å². The number of carbonyl (C=O) groups excluding carboxylic acids is 1. The average molecular weight is 597 g/mol. The second-order valence-corrected chi connectivity index (χ2v) is 10.5. The summed E-state index contributed by atoms with van der Waals surface area (Å²) in [4.78, 5) is 32.8. The molecule has 0 fully saturated rings. The van der Waals surface area contributed by atoms with Crippen molar-refractivity contribution in [3.63, 3.8) is 0 Å². The van der Waals surface area contributed by atoms with Crippen LogP contribution < -0.4 is 29.1 Å². The number of fused-ring (bicyclic) bond motifs is 1. The summed E-state index contributed by atoms with van der Waals surface area (Å²) in [6.07, 6.45) is 4.72. The number of methoxy groups -OCH3 is 1. The normalized spacial score (nSPS) is 14.8. The van der Waals surface area contributed by atoms with E-state index in [1.54, 1.807) is 43.3 Å². The van der Waals surface area contributed by atoms with Gasteiger partial charge >= 0.3 is 5.97 Å². The Bertz CT molecular complexity index is 1660. The molecule has 10 heteroatoms. The summed E-state index contributed by atoms with van der Waals surface area (Å²) in [6.45, 7) is 10.3. The van der Waals surface area contributed by atoms with Gasteiger partial charge in [-0.15, -0.1) is 0 Å². The first kappa shape index (κ1) is 30.1. The van der Waals surface area contributed by atoms with Crippen molar-refractivity contribution in [2.45, 2.75) is 39.7 Å². The van der Waals surface area contributed by atoms with Gasteiger partial charge in [-0.3, -0.25) is 9.36 Å². The minimum absolute atomic E-state index is 0.181. The van der Waals surface area contributed by atoms with Gasteiger partial charge < -0.3 is 18.9 Å². The van der Waals surface area contributed by atoms with E-state index in [2.05, 4.69) is 6.58 Å². The lowest BCUT2D eigenvalue weighted by molar-refractivity contribution is -0.139. The van der Waals surface area contributed by atoms with Gasteiger partial charge in [0.25, 0.3) is 5.56 Å². The van der Waals surface area contributed by atoms with Gasteiger partial charge in [0.15, 0.2) is 16.3 Å². The molecule has 3 aromatic rings. The van der Waals surface area contributed by atoms with Crippen LogP contribution >= 0.6 is 22.9 Å². The molecule has 0 radical (unpaired) electrons. The van der Waals surface area contributed by atoms with Crippen LogP contribution in [0.25, 0.3) is 6.08 Å². The van der Waals surface area contributed by atoms with E-state index < -0.39 is 12.0 Å². The number of carbonyl (C=O) groups is 1. The highest BCUT2D eigenvalue weighted by atomic mass is 35.5. The molecule has 0 amide bonds. The minimum atomic E-state index is -0.837. The molecule has 0 saturated carbocycles. The number of esters is 1. The fourth-order valence-electron chi connectivity index (χ4n) is 4.64. The van der Waals surface area contributed by atoms with Crippen molar-refractivity contribution in [2.24, 2.45) is 4.99 Å². The van der Waals surface area contributed by atoms with Crippen LogP contribution in [0.5, 0.6) is 17.2 Å². The first-order chi connectivity index (χ1) is 19.9. The van der Waals surface area contributed by atoms with Crippen LogP contribution in [0.15, 0.2) is 70.1 Å². The van der Waals surface area contributed by atoms with Crippen molar-refractivity contribution < 1.29 is 23.7 Å². The maximum absolute atomic E-state index is 14.1. The Balaban J connectivity index is 1.97. The highest BCUT2D eigenvalue weighted by molar-refractivity contribution is 7.07. The Morgan fingerprint density at radius 3 is 2.56 bits per heavy atom. The molecule has 1 aliphatic rings. The molecule has 41 heavy (non-hydrogen) atoms. The van der Waals surface area contributed by atoms with Crippen molar-refractivity contribution >= 4 is 35.0 Å². The molecule has 2 heterocycles. The SMILES string of the molecule is C=CCOc1ccc(/C=c2/sc3n(c2=O)[C@H](c2cc(Cl)ccc2OC)C(C(=O)OCC)=C(CCC)N=3)cc1OCC. The number of nitrogens with zero attached hydrogens (tertiary/aromatic N) is 2. The molecule has 8 nitrogen and oxygen atoms in total. The largest absolute Gasteiger partial charge is 0.496 e. The van der Waals surface area contributed by atoms with Crippen LogP contribution in [0.1, 0.15) is 50.8 Å². The molecule has 4 rings (SSSR count). The van der Waals surface area contributed by atoms with Gasteiger partial charge in [-0.2, -0.15) is 0 Å². The number of halogens is 1. The van der Waals surface area contributed by atoms with Crippen molar-refractivity contribution in [3.8, 4) is 17.2 Å². The first-order valence-electron chi connectivity index (χ1n) is 13.4. The minimum Gasteiger partial charge on any atom is -0.496 e. The van der Waals surface area contributed by atoms with Crippen molar-refractivity contribution in [1.82, 2.24) is 4.57 Å². The lowest BCUT2D eigenvalue weighted by atomic mass is 9.93. The third kappa shape index (κ3) is 6.41. The highest BCUT2D eigenvalue weighted by Crippen LogP contribution is 2.38. The molecule has 216 valence electrons. The number of benzene rings is 2. The number of aromatic nitrogens is 1. The molecule has 0 aliphatic carbocycles. The van der Waals surface area contributed by atoms with Crippen molar-refractivity contribution in [3.05, 3.63) is 96.2 Å². The van der Waals surface area contributed by atoms with E-state index in [0.717, 1.165) is 12.0 Å². The standard InChI is InChI=1S/C31H33ClN2O6S/c1-6-10-22-27(30(36)39-9-4)28(21-18-20(32)12-14-23(21)37-5)34-29(35)26(41-31(34)33-22)17-19-11-13-24(40-15-7-2)25(16-19)38-8-3/h7,11-14,16-18,28H,2,6,8-10,15H2,1,3-5H3/b26-17+/t28-/m1/s1. The van der Waals surface area contributed by atoms with Gasteiger partial charge in [-0.25, -0.2) is 9.79 Å². The molecule has 0 saturated heterocycles. The smallest absolute Gasteiger partial charge is 0.338 e. The average Bonchev–Trinajstić information content (AvgIpc) is 3.26. The van der Waals surface area contributed by atoms with Gasteiger partial charge in [0.1, 0.15) is 18.4 Å². The predicted molar refractivity (Wildman–Crippen MR) is 161 cm³/mol. The molecule has 0 bridgehead atoms. The molecular formula is C31H33ClN2O6S. The van der Waals surface area contributed by atoms with Crippen LogP contribution in [0, 0.1) is 0 Å². The Labute approximate surface area is 247 Å². The number of ether oxygens (including phenoxy) is 4. The van der Waals surface area contributed by atoms with E-state index in [4.69, 9.17) is 35.5 Å². The maximum atomic E-state index is 14.1. The van der Waals surface area contributed by atoms with Crippen LogP contribution in [0.4, 0.5) is 0 Å². The summed E-state index contributed by atoms with van der Waals surface area (Å²) < 4.78 is 24.6. The second kappa shape index (κ2) is 13.7. The quantitative estimate of drug-likeness (QED) is 0.211. The monoisotopic (exact) mass is 596 g/mol. The summed E-state index contributed by atoms with van der Waals surface area (Å²) >= 11 is 7.66. The van der Waals surface area contributed by atoms with Gasteiger partial charge in [0, 0.05) is 10.6 Å². The lowest BCUT2D eigenvalue weighted by Crippen LogP contribution is -2.40. The highest BCUT2D eigenvalue weighted by Gasteiger charge is 2.36. The topological polar surface area (TPSA) is 88.4 Å². The van der Waals surface area contributed by atoms with Crippen LogP contribution in [-0.4, -0.2) is 37.5 Å². The van der Waals surface area contributed by atoms with Gasteiger partial charge in [0.2, 0.25) is 0 Å². The van der Waals surface area contributed by atoms with E-state index in [-0.39, 0.29) is 12.2 Å². The fraction of sp³-hybridized carbons (Fsp3) is 0.323. The molecule has 1 aliphatic heterocycles. The summed E-state index contributed by atoms with van der Waals surface area (Å²) in [6, 6.07) is 9.78. The molecule has 0 unspecified atom stereocenters. The Kier molecular flexibility index (Phi) is 10.1. The molecule has 1 aromatic heterocycles. The van der Waals surface area contributed by atoms with E-state index in [1.165, 1.54) is 23.0 Å². The second-order valence-electron chi connectivity index (χ2n) is 9.04. The van der Waals surface area contributed by atoms with E-state index in [0.29, 0.717) is 68.1 Å². The van der Waals surface area contributed by atoms with Crippen LogP contribution in [0.2, 0.25) is 5.02 Å². The zero-order valence-electron chi connectivity index (χ0n) is 23.6. The maximum Gasteiger partial charge on any atom is 0.338 e. The van der Waals surface area contributed by atoms with Gasteiger partial charge in [-0.1, -0.05) is 55.0 Å². The molecule has 1 atom stereocenters. The number of allylic oxidation sites excluding steroid dienone is 1. The third-order valence-electron chi connectivity index (χ3n) is 6.30. The first-order valence-corrected chi connectivity index (χ1v) is 14.6. The van der Waals surface area contributed by atoms with Gasteiger partial charge in [-0.05, 0) is 62.2 Å². The Morgan fingerprint density at radius 2 is 1.88 bits per heavy atom. The van der Waals surface area contributed by atoms with Crippen LogP contribution in [-0.2, 0) is 9.53 Å². The fourth-order valence-corrected chi connectivity index (χ4v) is 5.84. The van der Waals surface area contributed by atoms with Crippen molar-refractivity contribution in [2.75, 3.05) is 26.9 Å². The number of hydrogen-bond donors (Lipinski definition) is 0. The third-order valence-corrected chi connectivity index (χ3v) is 7.52. The number of hydrogen-bond acceptors (Lipinski definition) is 8. The number of rotatable bonds is 12. The number of thiazole rings is 1. The zero-order chi connectivity index (χ0) is 29.5. The zero-order valence-corrected chi connectivity index (χ0v) is 25.1. The van der Waals surface area contributed by atoms with Crippen molar-refractivity contribution in [1.29, 1.82) is 0 Å². The van der Waals surface area contributed by atoms with Gasteiger partial charge in [0.05, 0.1) is 36.1 Å².